The highest BCUT2D eigenvalue weighted by Gasteiger charge is 2.18. The molecule has 0 fully saturated rings. The monoisotopic (exact) mass is 286 g/mol. The number of hydrogen-bond acceptors (Lipinski definition) is 6. The van der Waals surface area contributed by atoms with E-state index in [0.29, 0.717) is 0 Å². The predicted molar refractivity (Wildman–Crippen MR) is 70.9 cm³/mol. The summed E-state index contributed by atoms with van der Waals surface area (Å²) in [6.07, 6.45) is 2.60. The van der Waals surface area contributed by atoms with E-state index in [-0.39, 0.29) is 29.1 Å². The van der Waals surface area contributed by atoms with Crippen LogP contribution in [0.25, 0.3) is 5.69 Å². The summed E-state index contributed by atoms with van der Waals surface area (Å²) in [7, 11) is 0. The summed E-state index contributed by atoms with van der Waals surface area (Å²) in [4.78, 5) is 22.0. The highest BCUT2D eigenvalue weighted by Crippen LogP contribution is 2.24. The van der Waals surface area contributed by atoms with E-state index in [1.807, 2.05) is 6.07 Å². The molecule has 2 aromatic rings. The van der Waals surface area contributed by atoms with Crippen LogP contribution in [-0.4, -0.2) is 27.3 Å². The molecule has 0 amide bonds. The molecule has 0 N–H and O–H groups in total. The Labute approximate surface area is 119 Å². The van der Waals surface area contributed by atoms with Crippen LogP contribution in [-0.2, 0) is 4.74 Å². The lowest BCUT2D eigenvalue weighted by atomic mass is 10.2. The molecule has 0 aliphatic carbocycles. The second kappa shape index (κ2) is 5.83. The molecule has 106 valence electrons. The van der Waals surface area contributed by atoms with Crippen molar-refractivity contribution in [3.8, 4) is 11.8 Å². The van der Waals surface area contributed by atoms with Gasteiger partial charge in [-0.3, -0.25) is 10.1 Å². The molecule has 1 aromatic carbocycles. The number of hydrogen-bond donors (Lipinski definition) is 0. The number of carbonyl (C=O) groups is 1. The minimum atomic E-state index is -0.609. The van der Waals surface area contributed by atoms with Crippen LogP contribution < -0.4 is 0 Å². The van der Waals surface area contributed by atoms with Crippen molar-refractivity contribution in [3.05, 3.63) is 51.8 Å². The summed E-state index contributed by atoms with van der Waals surface area (Å²) in [5.41, 5.74) is 0.251. The highest BCUT2D eigenvalue weighted by atomic mass is 16.6. The van der Waals surface area contributed by atoms with Crippen molar-refractivity contribution in [2.75, 3.05) is 6.61 Å². The van der Waals surface area contributed by atoms with Crippen LogP contribution in [0.2, 0.25) is 0 Å². The Hall–Kier alpha value is -3.21. The van der Waals surface area contributed by atoms with Crippen molar-refractivity contribution in [1.29, 1.82) is 5.26 Å². The van der Waals surface area contributed by atoms with Gasteiger partial charge in [-0.25, -0.2) is 9.48 Å². The topological polar surface area (TPSA) is 111 Å². The number of benzene rings is 1. The molecule has 0 spiro atoms. The minimum Gasteiger partial charge on any atom is -0.462 e. The third-order valence-electron chi connectivity index (χ3n) is 2.64. The van der Waals surface area contributed by atoms with Crippen molar-refractivity contribution >= 4 is 11.7 Å². The first-order chi connectivity index (χ1) is 10.1. The van der Waals surface area contributed by atoms with Gasteiger partial charge in [0.15, 0.2) is 0 Å². The SMILES string of the molecule is CCOC(=O)c1cnn(-c2ccc(C#N)cc2[N+](=O)[O-])c1. The van der Waals surface area contributed by atoms with E-state index in [4.69, 9.17) is 10.00 Å². The molecule has 0 saturated heterocycles. The highest BCUT2D eigenvalue weighted by molar-refractivity contribution is 5.88. The standard InChI is InChI=1S/C13H10N4O4/c1-2-21-13(18)10-7-15-16(8-10)11-4-3-9(6-14)5-12(11)17(19)20/h3-5,7-8H,2H2,1H3. The molecular formula is C13H10N4O4. The quantitative estimate of drug-likeness (QED) is 0.481. The minimum absolute atomic E-state index is 0.162. The first-order valence-electron chi connectivity index (χ1n) is 5.97. The Bertz CT molecular complexity index is 745. The summed E-state index contributed by atoms with van der Waals surface area (Å²) < 4.78 is 6.02. The average Bonchev–Trinajstić information content (AvgIpc) is 2.96. The van der Waals surface area contributed by atoms with E-state index < -0.39 is 10.9 Å². The third-order valence-corrected chi connectivity index (χ3v) is 2.64. The van der Waals surface area contributed by atoms with Crippen LogP contribution in [0.5, 0.6) is 0 Å². The molecule has 1 aromatic heterocycles. The van der Waals surface area contributed by atoms with Gasteiger partial charge in [0.05, 0.1) is 34.9 Å². The van der Waals surface area contributed by atoms with Crippen LogP contribution in [0, 0.1) is 21.4 Å². The zero-order chi connectivity index (χ0) is 15.4. The number of rotatable bonds is 4. The summed E-state index contributed by atoms with van der Waals surface area (Å²) in [6.45, 7) is 1.90. The molecule has 8 heteroatoms. The van der Waals surface area contributed by atoms with Gasteiger partial charge in [0.1, 0.15) is 5.69 Å². The third kappa shape index (κ3) is 2.87. The van der Waals surface area contributed by atoms with Gasteiger partial charge < -0.3 is 4.74 Å². The Morgan fingerprint density at radius 2 is 2.33 bits per heavy atom. The van der Waals surface area contributed by atoms with Gasteiger partial charge in [0.25, 0.3) is 5.69 Å². The Morgan fingerprint density at radius 3 is 2.95 bits per heavy atom. The van der Waals surface area contributed by atoms with E-state index in [9.17, 15) is 14.9 Å². The number of esters is 1. The number of nitriles is 1. The fourth-order valence-corrected chi connectivity index (χ4v) is 1.71. The second-order valence-electron chi connectivity index (χ2n) is 3.97. The van der Waals surface area contributed by atoms with Gasteiger partial charge in [-0.05, 0) is 19.1 Å². The van der Waals surface area contributed by atoms with Crippen molar-refractivity contribution in [1.82, 2.24) is 9.78 Å². The summed E-state index contributed by atoms with van der Waals surface area (Å²) >= 11 is 0. The largest absolute Gasteiger partial charge is 0.462 e. The molecule has 21 heavy (non-hydrogen) atoms. The van der Waals surface area contributed by atoms with E-state index in [1.54, 1.807) is 6.92 Å². The smallest absolute Gasteiger partial charge is 0.341 e. The number of aromatic nitrogens is 2. The van der Waals surface area contributed by atoms with Gasteiger partial charge in [-0.1, -0.05) is 0 Å². The fourth-order valence-electron chi connectivity index (χ4n) is 1.71. The van der Waals surface area contributed by atoms with Gasteiger partial charge >= 0.3 is 5.97 Å². The van der Waals surface area contributed by atoms with Crippen LogP contribution in [0.1, 0.15) is 22.8 Å². The first-order valence-corrected chi connectivity index (χ1v) is 5.97. The average molecular weight is 286 g/mol. The van der Waals surface area contributed by atoms with Crippen molar-refractivity contribution < 1.29 is 14.5 Å². The van der Waals surface area contributed by atoms with E-state index in [2.05, 4.69) is 5.10 Å². The van der Waals surface area contributed by atoms with E-state index in [1.165, 1.54) is 29.2 Å². The molecule has 0 aliphatic heterocycles. The number of carbonyl (C=O) groups excluding carboxylic acids is 1. The molecule has 0 unspecified atom stereocenters. The Kier molecular flexibility index (Phi) is 3.95. The number of nitrogens with zero attached hydrogens (tertiary/aromatic N) is 4. The fraction of sp³-hybridized carbons (Fsp3) is 0.154. The normalized spacial score (nSPS) is 9.90. The number of ether oxygens (including phenoxy) is 1. The molecule has 0 radical (unpaired) electrons. The van der Waals surface area contributed by atoms with Crippen LogP contribution in [0.4, 0.5) is 5.69 Å². The van der Waals surface area contributed by atoms with Crippen LogP contribution in [0.15, 0.2) is 30.6 Å². The lowest BCUT2D eigenvalue weighted by Crippen LogP contribution is -2.04. The molecule has 1 heterocycles. The maximum absolute atomic E-state index is 11.6. The zero-order valence-electron chi connectivity index (χ0n) is 11.0. The summed E-state index contributed by atoms with van der Waals surface area (Å²) in [5, 5.41) is 23.8. The summed E-state index contributed by atoms with van der Waals surface area (Å²) in [6, 6.07) is 5.83. The van der Waals surface area contributed by atoms with Crippen LogP contribution >= 0.6 is 0 Å². The predicted octanol–water partition coefficient (Wildman–Crippen LogP) is 1.83. The zero-order valence-corrected chi connectivity index (χ0v) is 11.0. The molecule has 0 bridgehead atoms. The van der Waals surface area contributed by atoms with Gasteiger partial charge in [-0.2, -0.15) is 10.4 Å². The van der Waals surface area contributed by atoms with Crippen molar-refractivity contribution in [2.24, 2.45) is 0 Å². The summed E-state index contributed by atoms with van der Waals surface area (Å²) in [5.74, 6) is -0.556. The maximum atomic E-state index is 11.6. The maximum Gasteiger partial charge on any atom is 0.341 e. The van der Waals surface area contributed by atoms with E-state index >= 15 is 0 Å². The van der Waals surface area contributed by atoms with Gasteiger partial charge in [0, 0.05) is 12.3 Å². The van der Waals surface area contributed by atoms with Crippen LogP contribution in [0.3, 0.4) is 0 Å². The lowest BCUT2D eigenvalue weighted by Gasteiger charge is -2.03. The molecule has 2 rings (SSSR count). The Balaban J connectivity index is 2.45. The molecule has 8 nitrogen and oxygen atoms in total. The van der Waals surface area contributed by atoms with Crippen molar-refractivity contribution in [3.63, 3.8) is 0 Å². The number of nitro benzene ring substituents is 1. The number of nitro groups is 1. The second-order valence-corrected chi connectivity index (χ2v) is 3.97. The molecular weight excluding hydrogens is 276 g/mol. The first kappa shape index (κ1) is 14.2. The Morgan fingerprint density at radius 1 is 1.57 bits per heavy atom. The van der Waals surface area contributed by atoms with Gasteiger partial charge in [-0.15, -0.1) is 0 Å². The van der Waals surface area contributed by atoms with E-state index in [0.717, 1.165) is 6.07 Å². The molecule has 0 atom stereocenters. The molecule has 0 aliphatic rings. The lowest BCUT2D eigenvalue weighted by molar-refractivity contribution is -0.384. The molecule has 0 saturated carbocycles. The van der Waals surface area contributed by atoms with Crippen molar-refractivity contribution in [2.45, 2.75) is 6.92 Å². The van der Waals surface area contributed by atoms with Gasteiger partial charge in [0.2, 0.25) is 0 Å².